The fraction of sp³-hybridized carbons (Fsp3) is 0.174. The van der Waals surface area contributed by atoms with E-state index in [9.17, 15) is 4.79 Å². The molecule has 0 saturated carbocycles. The standard InChI is InChI=1S/C23H22N4O4S/c1-14-10-11-19(31-14)22-25-26-23(32-13-15-6-4-7-16(12-15)21(24)28)27(22)20-17(29-2)8-5-9-18(20)30-3/h4-12H,13H2,1-3H3,(H2,24,28). The molecule has 0 fully saturated rings. The van der Waals surface area contributed by atoms with Gasteiger partial charge in [-0.05, 0) is 48.9 Å². The average molecular weight is 451 g/mol. The highest BCUT2D eigenvalue weighted by Crippen LogP contribution is 2.39. The zero-order valence-electron chi connectivity index (χ0n) is 17.9. The van der Waals surface area contributed by atoms with Crippen LogP contribution in [0.15, 0.2) is 64.2 Å². The maximum atomic E-state index is 11.5. The maximum Gasteiger partial charge on any atom is 0.248 e. The van der Waals surface area contributed by atoms with E-state index in [1.54, 1.807) is 32.4 Å². The molecule has 4 rings (SSSR count). The molecule has 9 heteroatoms. The number of amides is 1. The van der Waals surface area contributed by atoms with E-state index >= 15 is 0 Å². The lowest BCUT2D eigenvalue weighted by atomic mass is 10.1. The van der Waals surface area contributed by atoms with Crippen LogP contribution in [0, 0.1) is 6.92 Å². The van der Waals surface area contributed by atoms with Gasteiger partial charge in [0.2, 0.25) is 11.7 Å². The van der Waals surface area contributed by atoms with Crippen LogP contribution in [-0.4, -0.2) is 34.9 Å². The van der Waals surface area contributed by atoms with Gasteiger partial charge < -0.3 is 19.6 Å². The molecule has 0 atom stereocenters. The summed E-state index contributed by atoms with van der Waals surface area (Å²) >= 11 is 1.46. The van der Waals surface area contributed by atoms with Crippen LogP contribution in [0.3, 0.4) is 0 Å². The molecule has 0 aliphatic rings. The number of benzene rings is 2. The normalized spacial score (nSPS) is 10.8. The first-order valence-electron chi connectivity index (χ1n) is 9.77. The van der Waals surface area contributed by atoms with Gasteiger partial charge in [-0.25, -0.2) is 0 Å². The molecule has 1 amide bonds. The molecule has 8 nitrogen and oxygen atoms in total. The van der Waals surface area contributed by atoms with Crippen molar-refractivity contribution in [1.29, 1.82) is 0 Å². The molecule has 0 bridgehead atoms. The summed E-state index contributed by atoms with van der Waals surface area (Å²) in [4.78, 5) is 11.5. The van der Waals surface area contributed by atoms with Gasteiger partial charge in [-0.2, -0.15) is 0 Å². The number of nitrogens with two attached hydrogens (primary N) is 1. The summed E-state index contributed by atoms with van der Waals surface area (Å²) in [5.41, 5.74) is 7.47. The first-order chi connectivity index (χ1) is 15.5. The molecular weight excluding hydrogens is 428 g/mol. The SMILES string of the molecule is COc1cccc(OC)c1-n1c(SCc2cccc(C(N)=O)c2)nnc1-c1ccc(C)o1. The minimum Gasteiger partial charge on any atom is -0.494 e. The van der Waals surface area contributed by atoms with Gasteiger partial charge in [0.05, 0.1) is 14.2 Å². The van der Waals surface area contributed by atoms with Gasteiger partial charge in [0.15, 0.2) is 10.9 Å². The number of methoxy groups -OCH3 is 2. The van der Waals surface area contributed by atoms with Crippen molar-refractivity contribution in [3.8, 4) is 28.8 Å². The van der Waals surface area contributed by atoms with Crippen LogP contribution in [0.4, 0.5) is 0 Å². The minimum atomic E-state index is -0.464. The van der Waals surface area contributed by atoms with E-state index in [1.807, 2.05) is 47.9 Å². The van der Waals surface area contributed by atoms with Crippen LogP contribution in [0.25, 0.3) is 17.3 Å². The summed E-state index contributed by atoms with van der Waals surface area (Å²) in [6.45, 7) is 1.87. The van der Waals surface area contributed by atoms with Crippen LogP contribution >= 0.6 is 11.8 Å². The molecule has 0 unspecified atom stereocenters. The highest BCUT2D eigenvalue weighted by molar-refractivity contribution is 7.98. The van der Waals surface area contributed by atoms with Gasteiger partial charge in [-0.15, -0.1) is 10.2 Å². The molecule has 4 aromatic rings. The van der Waals surface area contributed by atoms with Crippen molar-refractivity contribution in [3.05, 3.63) is 71.5 Å². The van der Waals surface area contributed by atoms with Crippen molar-refractivity contribution in [3.63, 3.8) is 0 Å². The smallest absolute Gasteiger partial charge is 0.248 e. The number of hydrogen-bond donors (Lipinski definition) is 1. The Balaban J connectivity index is 1.80. The highest BCUT2D eigenvalue weighted by atomic mass is 32.2. The van der Waals surface area contributed by atoms with Gasteiger partial charge >= 0.3 is 0 Å². The molecule has 2 aromatic carbocycles. The number of nitrogens with zero attached hydrogens (tertiary/aromatic N) is 3. The number of carbonyl (C=O) groups is 1. The van der Waals surface area contributed by atoms with Crippen LogP contribution in [0.2, 0.25) is 0 Å². The highest BCUT2D eigenvalue weighted by Gasteiger charge is 2.24. The fourth-order valence-electron chi connectivity index (χ4n) is 3.29. The average Bonchev–Trinajstić information content (AvgIpc) is 3.42. The molecule has 0 spiro atoms. The number of carbonyl (C=O) groups excluding carboxylic acids is 1. The first kappa shape index (κ1) is 21.5. The minimum absolute atomic E-state index is 0.461. The number of rotatable bonds is 8. The zero-order valence-corrected chi connectivity index (χ0v) is 18.7. The predicted molar refractivity (Wildman–Crippen MR) is 121 cm³/mol. The topological polar surface area (TPSA) is 105 Å². The monoisotopic (exact) mass is 450 g/mol. The largest absolute Gasteiger partial charge is 0.494 e. The summed E-state index contributed by atoms with van der Waals surface area (Å²) in [6, 6.07) is 16.5. The van der Waals surface area contributed by atoms with Gasteiger partial charge in [0, 0.05) is 11.3 Å². The number of para-hydroxylation sites is 1. The number of hydrogen-bond acceptors (Lipinski definition) is 7. The summed E-state index contributed by atoms with van der Waals surface area (Å²) in [6.07, 6.45) is 0. The van der Waals surface area contributed by atoms with Crippen molar-refractivity contribution in [2.75, 3.05) is 14.2 Å². The van der Waals surface area contributed by atoms with Crippen LogP contribution < -0.4 is 15.2 Å². The Morgan fingerprint density at radius 2 is 1.78 bits per heavy atom. The molecule has 0 saturated heterocycles. The van der Waals surface area contributed by atoms with Crippen molar-refractivity contribution in [2.24, 2.45) is 5.73 Å². The third-order valence-corrected chi connectivity index (χ3v) is 5.80. The number of primary amides is 1. The Labute approximate surface area is 189 Å². The number of aryl methyl sites for hydroxylation is 1. The molecule has 164 valence electrons. The molecular formula is C23H22N4O4S. The molecule has 0 radical (unpaired) electrons. The van der Waals surface area contributed by atoms with E-state index in [2.05, 4.69) is 10.2 Å². The lowest BCUT2D eigenvalue weighted by molar-refractivity contribution is 0.1000. The number of furan rings is 1. The lowest BCUT2D eigenvalue weighted by Gasteiger charge is -2.16. The second-order valence-corrected chi connectivity index (χ2v) is 7.86. The Morgan fingerprint density at radius 1 is 1.06 bits per heavy atom. The number of thioether (sulfide) groups is 1. The van der Waals surface area contributed by atoms with E-state index in [0.717, 1.165) is 11.3 Å². The summed E-state index contributed by atoms with van der Waals surface area (Å²) in [7, 11) is 3.20. The van der Waals surface area contributed by atoms with Crippen molar-refractivity contribution >= 4 is 17.7 Å². The van der Waals surface area contributed by atoms with Gasteiger partial charge in [0.25, 0.3) is 0 Å². The fourth-order valence-corrected chi connectivity index (χ4v) is 4.17. The van der Waals surface area contributed by atoms with Crippen molar-refractivity contribution in [2.45, 2.75) is 17.8 Å². The third kappa shape index (κ3) is 4.19. The molecule has 0 aliphatic heterocycles. The Hall–Kier alpha value is -3.72. The Kier molecular flexibility index (Phi) is 6.18. The van der Waals surface area contributed by atoms with Crippen LogP contribution in [-0.2, 0) is 5.75 Å². The molecule has 2 N–H and O–H groups in total. The van der Waals surface area contributed by atoms with Crippen molar-refractivity contribution in [1.82, 2.24) is 14.8 Å². The second kappa shape index (κ2) is 9.19. The van der Waals surface area contributed by atoms with Gasteiger partial charge in [-0.3, -0.25) is 9.36 Å². The maximum absolute atomic E-state index is 11.5. The summed E-state index contributed by atoms with van der Waals surface area (Å²) in [5, 5.41) is 9.43. The molecule has 2 aromatic heterocycles. The summed E-state index contributed by atoms with van der Waals surface area (Å²) in [5.74, 6) is 3.15. The molecule has 0 aliphatic carbocycles. The quantitative estimate of drug-likeness (QED) is 0.400. The van der Waals surface area contributed by atoms with E-state index in [-0.39, 0.29) is 0 Å². The third-order valence-electron chi connectivity index (χ3n) is 4.80. The van der Waals surface area contributed by atoms with E-state index < -0.39 is 5.91 Å². The van der Waals surface area contributed by atoms with E-state index in [4.69, 9.17) is 19.6 Å². The van der Waals surface area contributed by atoms with E-state index in [1.165, 1.54) is 11.8 Å². The molecule has 32 heavy (non-hydrogen) atoms. The van der Waals surface area contributed by atoms with Gasteiger partial charge in [0.1, 0.15) is 22.9 Å². The van der Waals surface area contributed by atoms with E-state index in [0.29, 0.717) is 45.2 Å². The number of aromatic nitrogens is 3. The van der Waals surface area contributed by atoms with Crippen LogP contribution in [0.1, 0.15) is 21.7 Å². The second-order valence-electron chi connectivity index (χ2n) is 6.92. The predicted octanol–water partition coefficient (Wildman–Crippen LogP) is 4.24. The summed E-state index contributed by atoms with van der Waals surface area (Å²) < 4.78 is 18.9. The van der Waals surface area contributed by atoms with Gasteiger partial charge in [-0.1, -0.05) is 30.0 Å². The van der Waals surface area contributed by atoms with Crippen molar-refractivity contribution < 1.29 is 18.7 Å². The Bertz CT molecular complexity index is 1240. The molecule has 2 heterocycles. The Morgan fingerprint density at radius 3 is 2.41 bits per heavy atom. The zero-order chi connectivity index (χ0) is 22.7. The lowest BCUT2D eigenvalue weighted by Crippen LogP contribution is -2.10. The first-order valence-corrected chi connectivity index (χ1v) is 10.8. The van der Waals surface area contributed by atoms with Crippen LogP contribution in [0.5, 0.6) is 11.5 Å². The number of ether oxygens (including phenoxy) is 2.